The Balaban J connectivity index is 2.21. The van der Waals surface area contributed by atoms with Crippen molar-refractivity contribution in [2.24, 2.45) is 0 Å². The topological polar surface area (TPSA) is 74.6 Å². The van der Waals surface area contributed by atoms with Gasteiger partial charge < -0.3 is 10.2 Å². The van der Waals surface area contributed by atoms with Crippen molar-refractivity contribution in [3.63, 3.8) is 0 Å². The molecular weight excluding hydrogens is 296 g/mol. The van der Waals surface area contributed by atoms with Gasteiger partial charge in [0, 0.05) is 19.6 Å². The fourth-order valence-corrected chi connectivity index (χ4v) is 4.37. The molecule has 1 heterocycles. The van der Waals surface area contributed by atoms with E-state index < -0.39 is 11.9 Å². The van der Waals surface area contributed by atoms with Crippen molar-refractivity contribution in [1.29, 1.82) is 0 Å². The second-order valence-corrected chi connectivity index (χ2v) is 6.21. The first kappa shape index (κ1) is 13.1. The summed E-state index contributed by atoms with van der Waals surface area (Å²) in [4.78, 5) is 25.9. The fourth-order valence-electron chi connectivity index (χ4n) is 1.98. The molecule has 0 saturated heterocycles. The molecular formula is C14H8O4S2. The Labute approximate surface area is 122 Å². The van der Waals surface area contributed by atoms with Crippen LogP contribution in [0.5, 0.6) is 0 Å². The van der Waals surface area contributed by atoms with Gasteiger partial charge in [-0.05, 0) is 24.3 Å². The molecule has 2 aromatic carbocycles. The number of hydrogen-bond donors (Lipinski definition) is 2. The molecule has 100 valence electrons. The summed E-state index contributed by atoms with van der Waals surface area (Å²) in [6, 6.07) is 10.7. The summed E-state index contributed by atoms with van der Waals surface area (Å²) in [6.45, 7) is 0. The van der Waals surface area contributed by atoms with Gasteiger partial charge in [-0.25, -0.2) is 9.59 Å². The highest BCUT2D eigenvalue weighted by atomic mass is 32.2. The van der Waals surface area contributed by atoms with Crippen molar-refractivity contribution in [3.05, 3.63) is 47.5 Å². The largest absolute Gasteiger partial charge is 0.478 e. The van der Waals surface area contributed by atoms with Gasteiger partial charge >= 0.3 is 11.9 Å². The average Bonchev–Trinajstić information content (AvgIpc) is 2.43. The number of carboxylic acids is 2. The van der Waals surface area contributed by atoms with Crippen LogP contribution in [-0.4, -0.2) is 22.2 Å². The molecule has 2 aromatic rings. The molecule has 0 amide bonds. The highest BCUT2D eigenvalue weighted by Gasteiger charge is 2.27. The van der Waals surface area contributed by atoms with Gasteiger partial charge in [0.05, 0.1) is 11.1 Å². The first-order valence-electron chi connectivity index (χ1n) is 5.66. The van der Waals surface area contributed by atoms with Gasteiger partial charge in [0.25, 0.3) is 0 Å². The Morgan fingerprint density at radius 1 is 0.800 bits per heavy atom. The second kappa shape index (κ2) is 4.88. The van der Waals surface area contributed by atoms with E-state index in [2.05, 4.69) is 0 Å². The fraction of sp³-hybridized carbons (Fsp3) is 0. The van der Waals surface area contributed by atoms with Gasteiger partial charge in [-0.2, -0.15) is 0 Å². The van der Waals surface area contributed by atoms with Gasteiger partial charge in [-0.3, -0.25) is 0 Å². The van der Waals surface area contributed by atoms with E-state index >= 15 is 0 Å². The van der Waals surface area contributed by atoms with E-state index in [1.165, 1.54) is 29.6 Å². The molecule has 0 saturated carbocycles. The van der Waals surface area contributed by atoms with E-state index in [9.17, 15) is 14.7 Å². The highest BCUT2D eigenvalue weighted by Crippen LogP contribution is 2.50. The summed E-state index contributed by atoms with van der Waals surface area (Å²) < 4.78 is 0. The Morgan fingerprint density at radius 3 is 2.05 bits per heavy atom. The molecule has 0 aromatic heterocycles. The molecule has 0 fully saturated rings. The van der Waals surface area contributed by atoms with E-state index in [1.807, 2.05) is 24.3 Å². The Hall–Kier alpha value is -1.92. The van der Waals surface area contributed by atoms with Crippen LogP contribution in [0.3, 0.4) is 0 Å². The zero-order valence-electron chi connectivity index (χ0n) is 9.99. The molecule has 4 nitrogen and oxygen atoms in total. The number of benzene rings is 2. The minimum atomic E-state index is -1.23. The third kappa shape index (κ3) is 2.07. The molecule has 0 radical (unpaired) electrons. The first-order chi connectivity index (χ1) is 9.58. The summed E-state index contributed by atoms with van der Waals surface area (Å²) >= 11 is 2.76. The molecule has 20 heavy (non-hydrogen) atoms. The quantitative estimate of drug-likeness (QED) is 0.752. The average molecular weight is 304 g/mol. The SMILES string of the molecule is O=C(O)c1ccc2c(c1C(=O)O)Sc1ccccc1S2. The molecule has 3 rings (SSSR count). The summed E-state index contributed by atoms with van der Waals surface area (Å²) in [5.41, 5.74) is -0.314. The van der Waals surface area contributed by atoms with Gasteiger partial charge in [0.1, 0.15) is 0 Å². The van der Waals surface area contributed by atoms with E-state index in [0.717, 1.165) is 14.7 Å². The minimum absolute atomic E-state index is 0.137. The summed E-state index contributed by atoms with van der Waals surface area (Å²) in [5, 5.41) is 18.5. The third-order valence-electron chi connectivity index (χ3n) is 2.85. The number of carboxylic acid groups (broad SMARTS) is 2. The normalized spacial score (nSPS) is 12.4. The molecule has 0 unspecified atom stereocenters. The van der Waals surface area contributed by atoms with Crippen molar-refractivity contribution in [2.45, 2.75) is 19.6 Å². The third-order valence-corrected chi connectivity index (χ3v) is 5.45. The maximum absolute atomic E-state index is 11.4. The van der Waals surface area contributed by atoms with E-state index in [4.69, 9.17) is 5.11 Å². The summed E-state index contributed by atoms with van der Waals surface area (Å²) in [7, 11) is 0. The minimum Gasteiger partial charge on any atom is -0.478 e. The van der Waals surface area contributed by atoms with Gasteiger partial charge in [0.2, 0.25) is 0 Å². The van der Waals surface area contributed by atoms with E-state index in [1.54, 1.807) is 6.07 Å². The number of rotatable bonds is 2. The van der Waals surface area contributed by atoms with Gasteiger partial charge in [-0.1, -0.05) is 35.7 Å². The first-order valence-corrected chi connectivity index (χ1v) is 7.29. The molecule has 0 aliphatic carbocycles. The van der Waals surface area contributed by atoms with Crippen LogP contribution in [0.15, 0.2) is 56.0 Å². The van der Waals surface area contributed by atoms with Crippen LogP contribution >= 0.6 is 23.5 Å². The summed E-state index contributed by atoms with van der Waals surface area (Å²) in [6.07, 6.45) is 0. The maximum Gasteiger partial charge on any atom is 0.337 e. The van der Waals surface area contributed by atoms with Crippen molar-refractivity contribution in [3.8, 4) is 0 Å². The van der Waals surface area contributed by atoms with Gasteiger partial charge in [0.15, 0.2) is 0 Å². The predicted octanol–water partition coefficient (Wildman–Crippen LogP) is 3.70. The van der Waals surface area contributed by atoms with Crippen LogP contribution in [0, 0.1) is 0 Å². The molecule has 0 spiro atoms. The van der Waals surface area contributed by atoms with Crippen LogP contribution in [0.4, 0.5) is 0 Å². The van der Waals surface area contributed by atoms with E-state index in [-0.39, 0.29) is 11.1 Å². The monoisotopic (exact) mass is 304 g/mol. The lowest BCUT2D eigenvalue weighted by Gasteiger charge is -2.20. The number of aromatic carboxylic acids is 2. The molecule has 1 aliphatic rings. The van der Waals surface area contributed by atoms with Crippen LogP contribution in [0.1, 0.15) is 20.7 Å². The summed E-state index contributed by atoms with van der Waals surface area (Å²) in [5.74, 6) is -2.44. The number of carbonyl (C=O) groups is 2. The van der Waals surface area contributed by atoms with Crippen molar-refractivity contribution in [1.82, 2.24) is 0 Å². The molecule has 0 bridgehead atoms. The van der Waals surface area contributed by atoms with Crippen molar-refractivity contribution >= 4 is 35.5 Å². The zero-order valence-corrected chi connectivity index (χ0v) is 11.6. The van der Waals surface area contributed by atoms with Crippen molar-refractivity contribution in [2.75, 3.05) is 0 Å². The lowest BCUT2D eigenvalue weighted by Crippen LogP contribution is -2.11. The molecule has 1 aliphatic heterocycles. The Morgan fingerprint density at radius 2 is 1.45 bits per heavy atom. The molecule has 0 atom stereocenters. The second-order valence-electron chi connectivity index (χ2n) is 4.08. The Kier molecular flexibility index (Phi) is 3.19. The zero-order chi connectivity index (χ0) is 14.3. The van der Waals surface area contributed by atoms with Crippen LogP contribution in [0.25, 0.3) is 0 Å². The standard InChI is InChI=1S/C14H8O4S2/c15-13(16)7-5-6-10-12(11(7)14(17)18)20-9-4-2-1-3-8(9)19-10/h1-6H,(H,15,16)(H,17,18). The predicted molar refractivity (Wildman–Crippen MR) is 75.0 cm³/mol. The van der Waals surface area contributed by atoms with E-state index in [0.29, 0.717) is 4.90 Å². The van der Waals surface area contributed by atoms with Crippen molar-refractivity contribution < 1.29 is 19.8 Å². The molecule has 6 heteroatoms. The maximum atomic E-state index is 11.4. The van der Waals surface area contributed by atoms with Gasteiger partial charge in [-0.15, -0.1) is 0 Å². The lowest BCUT2D eigenvalue weighted by molar-refractivity contribution is 0.0648. The van der Waals surface area contributed by atoms with Crippen LogP contribution in [-0.2, 0) is 0 Å². The van der Waals surface area contributed by atoms with Crippen LogP contribution in [0.2, 0.25) is 0 Å². The highest BCUT2D eigenvalue weighted by molar-refractivity contribution is 8.05. The molecule has 2 N–H and O–H groups in total. The number of fused-ring (bicyclic) bond motifs is 2. The van der Waals surface area contributed by atoms with Crippen LogP contribution < -0.4 is 0 Å². The Bertz CT molecular complexity index is 740. The lowest BCUT2D eigenvalue weighted by atomic mass is 10.1. The number of hydrogen-bond acceptors (Lipinski definition) is 4. The smallest absolute Gasteiger partial charge is 0.337 e.